The number of nitrogens with zero attached hydrogens (tertiary/aromatic N) is 1. The van der Waals surface area contributed by atoms with Crippen LogP contribution in [0.3, 0.4) is 0 Å². The molecule has 0 aliphatic rings. The van der Waals surface area contributed by atoms with E-state index in [1.807, 2.05) is 6.92 Å². The molecular weight excluding hydrogens is 350 g/mol. The van der Waals surface area contributed by atoms with Crippen molar-refractivity contribution in [3.63, 3.8) is 0 Å². The Morgan fingerprint density at radius 3 is 2.17 bits per heavy atom. The predicted molar refractivity (Wildman–Crippen MR) is 92.7 cm³/mol. The molecule has 1 unspecified atom stereocenters. The van der Waals surface area contributed by atoms with Crippen molar-refractivity contribution < 1.29 is 18.3 Å². The molecule has 24 heavy (non-hydrogen) atoms. The Morgan fingerprint density at radius 1 is 1.12 bits per heavy atom. The summed E-state index contributed by atoms with van der Waals surface area (Å²) in [6.45, 7) is 1.85. The number of hydrogen-bond acceptors (Lipinski definition) is 3. The minimum atomic E-state index is -3.90. The number of rotatable bonds is 6. The molecule has 0 aromatic heterocycles. The maximum Gasteiger partial charge on any atom is 0.322 e. The molecule has 0 aliphatic carbocycles. The summed E-state index contributed by atoms with van der Waals surface area (Å²) in [6, 6.07) is 11.7. The lowest BCUT2D eigenvalue weighted by atomic mass is 10.1. The fourth-order valence-corrected chi connectivity index (χ4v) is 3.70. The molecule has 0 fully saturated rings. The van der Waals surface area contributed by atoms with Crippen LogP contribution in [0.15, 0.2) is 53.4 Å². The lowest BCUT2D eigenvalue weighted by Gasteiger charge is -2.24. The Kier molecular flexibility index (Phi) is 5.64. The number of halogens is 1. The molecule has 0 bridgehead atoms. The van der Waals surface area contributed by atoms with Gasteiger partial charge >= 0.3 is 5.97 Å². The van der Waals surface area contributed by atoms with Crippen LogP contribution in [0.25, 0.3) is 0 Å². The van der Waals surface area contributed by atoms with Gasteiger partial charge in [-0.3, -0.25) is 4.79 Å². The molecule has 0 aliphatic heterocycles. The summed E-state index contributed by atoms with van der Waals surface area (Å²) in [4.78, 5) is 11.7. The molecule has 2 rings (SSSR count). The first-order chi connectivity index (χ1) is 11.2. The lowest BCUT2D eigenvalue weighted by molar-refractivity contribution is -0.141. The van der Waals surface area contributed by atoms with Gasteiger partial charge in [0.05, 0.1) is 4.90 Å². The Morgan fingerprint density at radius 2 is 1.67 bits per heavy atom. The molecule has 1 atom stereocenters. The van der Waals surface area contributed by atoms with E-state index in [0.29, 0.717) is 10.6 Å². The summed E-state index contributed by atoms with van der Waals surface area (Å²) >= 11 is 5.82. The molecule has 0 saturated carbocycles. The highest BCUT2D eigenvalue weighted by molar-refractivity contribution is 7.89. The second-order valence-electron chi connectivity index (χ2n) is 5.52. The summed E-state index contributed by atoms with van der Waals surface area (Å²) in [5.41, 5.74) is 1.62. The van der Waals surface area contributed by atoms with Gasteiger partial charge in [-0.1, -0.05) is 41.4 Å². The van der Waals surface area contributed by atoms with Crippen LogP contribution in [0.4, 0.5) is 0 Å². The fourth-order valence-electron chi connectivity index (χ4n) is 2.26. The SMILES string of the molecule is Cc1ccc(S(=O)(=O)N(C)C(Cc2ccc(Cl)cc2)C(=O)O)cc1. The summed E-state index contributed by atoms with van der Waals surface area (Å²) in [5.74, 6) is -1.21. The van der Waals surface area contributed by atoms with Gasteiger partial charge in [0.25, 0.3) is 0 Å². The number of sulfonamides is 1. The van der Waals surface area contributed by atoms with E-state index in [4.69, 9.17) is 11.6 Å². The third-order valence-corrected chi connectivity index (χ3v) is 5.90. The highest BCUT2D eigenvalue weighted by Crippen LogP contribution is 2.20. The van der Waals surface area contributed by atoms with Gasteiger partial charge in [0.2, 0.25) is 10.0 Å². The van der Waals surface area contributed by atoms with Crippen molar-refractivity contribution in [3.05, 3.63) is 64.7 Å². The van der Waals surface area contributed by atoms with Gasteiger partial charge in [-0.15, -0.1) is 0 Å². The van der Waals surface area contributed by atoms with E-state index in [1.165, 1.54) is 19.2 Å². The summed E-state index contributed by atoms with van der Waals surface area (Å²) < 4.78 is 26.2. The predicted octanol–water partition coefficient (Wildman–Crippen LogP) is 2.96. The van der Waals surface area contributed by atoms with Gasteiger partial charge in [-0.05, 0) is 43.2 Å². The van der Waals surface area contributed by atoms with Gasteiger partial charge in [0.1, 0.15) is 6.04 Å². The van der Waals surface area contributed by atoms with Crippen LogP contribution in [-0.2, 0) is 21.2 Å². The van der Waals surface area contributed by atoms with Crippen LogP contribution in [0.2, 0.25) is 5.02 Å². The van der Waals surface area contributed by atoms with Gasteiger partial charge in [0, 0.05) is 12.1 Å². The molecule has 0 saturated heterocycles. The topological polar surface area (TPSA) is 74.7 Å². The molecule has 0 radical (unpaired) electrons. The minimum Gasteiger partial charge on any atom is -0.480 e. The highest BCUT2D eigenvalue weighted by atomic mass is 35.5. The van der Waals surface area contributed by atoms with Gasteiger partial charge in [0.15, 0.2) is 0 Å². The zero-order valence-electron chi connectivity index (χ0n) is 13.3. The third-order valence-electron chi connectivity index (χ3n) is 3.76. The van der Waals surface area contributed by atoms with E-state index >= 15 is 0 Å². The van der Waals surface area contributed by atoms with Crippen molar-refractivity contribution in [3.8, 4) is 0 Å². The molecule has 2 aromatic carbocycles. The van der Waals surface area contributed by atoms with Crippen molar-refractivity contribution in [2.24, 2.45) is 0 Å². The summed E-state index contributed by atoms with van der Waals surface area (Å²) in [6.07, 6.45) is 0.0497. The number of hydrogen-bond donors (Lipinski definition) is 1. The van der Waals surface area contributed by atoms with Crippen LogP contribution in [0.1, 0.15) is 11.1 Å². The first kappa shape index (κ1) is 18.4. The molecule has 128 valence electrons. The Hall–Kier alpha value is -1.89. The average molecular weight is 368 g/mol. The molecule has 2 aromatic rings. The maximum atomic E-state index is 12.7. The monoisotopic (exact) mass is 367 g/mol. The largest absolute Gasteiger partial charge is 0.480 e. The van der Waals surface area contributed by atoms with E-state index in [-0.39, 0.29) is 11.3 Å². The quantitative estimate of drug-likeness (QED) is 0.851. The van der Waals surface area contributed by atoms with Crippen molar-refractivity contribution in [2.75, 3.05) is 7.05 Å². The zero-order chi connectivity index (χ0) is 17.9. The smallest absolute Gasteiger partial charge is 0.322 e. The van der Waals surface area contributed by atoms with Crippen molar-refractivity contribution >= 4 is 27.6 Å². The van der Waals surface area contributed by atoms with Crippen LogP contribution in [0, 0.1) is 6.92 Å². The van der Waals surface area contributed by atoms with Crippen molar-refractivity contribution in [1.29, 1.82) is 0 Å². The fraction of sp³-hybridized carbons (Fsp3) is 0.235. The maximum absolute atomic E-state index is 12.7. The van der Waals surface area contributed by atoms with Crippen LogP contribution in [-0.4, -0.2) is 36.9 Å². The van der Waals surface area contributed by atoms with Crippen LogP contribution < -0.4 is 0 Å². The van der Waals surface area contributed by atoms with Crippen molar-refractivity contribution in [2.45, 2.75) is 24.3 Å². The Bertz CT molecular complexity index is 817. The average Bonchev–Trinajstić information content (AvgIpc) is 2.53. The molecule has 1 N–H and O–H groups in total. The number of carbonyl (C=O) groups is 1. The van der Waals surface area contributed by atoms with E-state index < -0.39 is 22.0 Å². The summed E-state index contributed by atoms with van der Waals surface area (Å²) in [7, 11) is -2.62. The number of carboxylic acids is 1. The van der Waals surface area contributed by atoms with E-state index in [1.54, 1.807) is 36.4 Å². The lowest BCUT2D eigenvalue weighted by Crippen LogP contribution is -2.43. The molecule has 7 heteroatoms. The number of aryl methyl sites for hydroxylation is 1. The van der Waals surface area contributed by atoms with E-state index in [9.17, 15) is 18.3 Å². The first-order valence-electron chi connectivity index (χ1n) is 7.24. The third kappa shape index (κ3) is 4.14. The number of likely N-dealkylation sites (N-methyl/N-ethyl adjacent to an activating group) is 1. The number of aliphatic carboxylic acids is 1. The Labute approximate surface area is 146 Å². The number of carboxylic acid groups (broad SMARTS) is 1. The normalized spacial score (nSPS) is 13.0. The van der Waals surface area contributed by atoms with Crippen LogP contribution in [0.5, 0.6) is 0 Å². The van der Waals surface area contributed by atoms with Crippen LogP contribution >= 0.6 is 11.6 Å². The molecule has 0 spiro atoms. The molecule has 0 amide bonds. The second-order valence-corrected chi connectivity index (χ2v) is 7.95. The summed E-state index contributed by atoms with van der Waals surface area (Å²) in [5, 5.41) is 10.0. The molecule has 0 heterocycles. The van der Waals surface area contributed by atoms with Crippen molar-refractivity contribution in [1.82, 2.24) is 4.31 Å². The molecule has 5 nitrogen and oxygen atoms in total. The van der Waals surface area contributed by atoms with E-state index in [0.717, 1.165) is 9.87 Å². The minimum absolute atomic E-state index is 0.0497. The second kappa shape index (κ2) is 7.34. The van der Waals surface area contributed by atoms with Gasteiger partial charge in [-0.25, -0.2) is 8.42 Å². The number of benzene rings is 2. The Balaban J connectivity index is 2.31. The van der Waals surface area contributed by atoms with E-state index in [2.05, 4.69) is 0 Å². The molecular formula is C17H18ClNO4S. The van der Waals surface area contributed by atoms with Gasteiger partial charge < -0.3 is 5.11 Å². The highest BCUT2D eigenvalue weighted by Gasteiger charge is 2.32. The van der Waals surface area contributed by atoms with Gasteiger partial charge in [-0.2, -0.15) is 4.31 Å². The zero-order valence-corrected chi connectivity index (χ0v) is 14.9. The first-order valence-corrected chi connectivity index (χ1v) is 9.05. The standard InChI is InChI=1S/C17H18ClNO4S/c1-12-3-9-15(10-4-12)24(22,23)19(2)16(17(20)21)11-13-5-7-14(18)8-6-13/h3-10,16H,11H2,1-2H3,(H,20,21).